The van der Waals surface area contributed by atoms with E-state index in [4.69, 9.17) is 5.48 Å². The van der Waals surface area contributed by atoms with Crippen molar-refractivity contribution < 1.29 is 20.8 Å². The van der Waals surface area contributed by atoms with Gasteiger partial charge in [0.25, 0.3) is 0 Å². The highest BCUT2D eigenvalue weighted by molar-refractivity contribution is 8.93. The van der Waals surface area contributed by atoms with Gasteiger partial charge in [-0.25, -0.2) is 0 Å². The summed E-state index contributed by atoms with van der Waals surface area (Å²) in [4.78, 5) is 0. The monoisotopic (exact) mass is 307 g/mol. The van der Waals surface area contributed by atoms with E-state index in [-0.39, 0.29) is 17.0 Å². The molecule has 0 aliphatic carbocycles. The molecule has 1 aliphatic rings. The Hall–Kier alpha value is -0.780. The zero-order valence-corrected chi connectivity index (χ0v) is 10.9. The van der Waals surface area contributed by atoms with Crippen LogP contribution in [0.2, 0.25) is 0 Å². The third-order valence-electron chi connectivity index (χ3n) is 2.67. The highest BCUT2D eigenvalue weighted by Crippen LogP contribution is 2.30. The van der Waals surface area contributed by atoms with Crippen LogP contribution in [-0.2, 0) is 0 Å². The Labute approximate surface area is 117 Å². The number of nitrogens with one attached hydrogen (secondary N) is 1. The molecule has 1 fully saturated rings. The first-order valence-corrected chi connectivity index (χ1v) is 5.26. The van der Waals surface area contributed by atoms with Crippen molar-refractivity contribution in [3.05, 3.63) is 23.7 Å². The minimum Gasteiger partial charge on any atom is -0.504 e. The van der Waals surface area contributed by atoms with E-state index in [0.29, 0.717) is 13.0 Å². The normalized spacial score (nSPS) is 26.8. The largest absolute Gasteiger partial charge is 0.504 e. The average Bonchev–Trinajstić information content (AvgIpc) is 2.44. The van der Waals surface area contributed by atoms with Crippen LogP contribution >= 0.6 is 17.0 Å². The molecule has 0 bridgehead atoms. The van der Waals surface area contributed by atoms with Gasteiger partial charge in [0.15, 0.2) is 11.5 Å². The summed E-state index contributed by atoms with van der Waals surface area (Å²) in [6.07, 6.45) is -0.0979. The summed E-state index contributed by atoms with van der Waals surface area (Å²) >= 11 is 0. The minimum atomic E-state index is -2.31. The number of halogens is 1. The number of benzene rings is 1. The molecule has 17 heavy (non-hydrogen) atoms. The lowest BCUT2D eigenvalue weighted by molar-refractivity contribution is 0.113. The van der Waals surface area contributed by atoms with E-state index in [1.807, 2.05) is 0 Å². The minimum absolute atomic E-state index is 0. The molecule has 0 saturated carbocycles. The SMILES string of the molecule is Br.[2H]c1c([2H])c([C@@]([2H])(O)[C@H]2CCCCN2)c([2H])c(O)c1O. The summed E-state index contributed by atoms with van der Waals surface area (Å²) in [5.41, 5.74) is -0.461. The van der Waals surface area contributed by atoms with Gasteiger partial charge in [0.2, 0.25) is 0 Å². The van der Waals surface area contributed by atoms with Crippen LogP contribution < -0.4 is 5.32 Å². The lowest BCUT2D eigenvalue weighted by Crippen LogP contribution is -2.38. The zero-order valence-electron chi connectivity index (χ0n) is 13.2. The Morgan fingerprint density at radius 1 is 1.35 bits per heavy atom. The average molecular weight is 308 g/mol. The van der Waals surface area contributed by atoms with Crippen LogP contribution in [0.5, 0.6) is 11.5 Å². The Morgan fingerprint density at radius 3 is 2.76 bits per heavy atom. The van der Waals surface area contributed by atoms with Crippen LogP contribution in [0.3, 0.4) is 0 Å². The quantitative estimate of drug-likeness (QED) is 0.629. The highest BCUT2D eigenvalue weighted by atomic mass is 79.9. The molecule has 2 rings (SSSR count). The van der Waals surface area contributed by atoms with Crippen molar-refractivity contribution in [3.63, 3.8) is 0 Å². The Morgan fingerprint density at radius 2 is 2.12 bits per heavy atom. The predicted molar refractivity (Wildman–Crippen MR) is 70.7 cm³/mol. The zero-order chi connectivity index (χ0) is 15.1. The number of hydrogen-bond donors (Lipinski definition) is 4. The van der Waals surface area contributed by atoms with Crippen molar-refractivity contribution in [2.24, 2.45) is 0 Å². The molecule has 0 radical (unpaired) electrons. The highest BCUT2D eigenvalue weighted by Gasteiger charge is 2.23. The van der Waals surface area contributed by atoms with Crippen LogP contribution in [0.25, 0.3) is 0 Å². The van der Waals surface area contributed by atoms with Gasteiger partial charge in [-0.3, -0.25) is 0 Å². The molecule has 0 spiro atoms. The van der Waals surface area contributed by atoms with Crippen molar-refractivity contribution in [3.8, 4) is 11.5 Å². The number of rotatable bonds is 2. The standard InChI is InChI=1S/C12H17NO3.BrH/c14-10-5-4-8(7-11(10)15)12(16)9-3-1-2-6-13-9;/h4-5,7,9,12-16H,1-3,6H2;1H/t9-,12-;/m1./s1/i4D,5D,7D,12D;. The van der Waals surface area contributed by atoms with Gasteiger partial charge < -0.3 is 20.6 Å². The molecule has 1 aromatic carbocycles. The molecular weight excluding hydrogens is 286 g/mol. The van der Waals surface area contributed by atoms with E-state index in [1.54, 1.807) is 0 Å². The van der Waals surface area contributed by atoms with Crippen LogP contribution in [-0.4, -0.2) is 27.9 Å². The van der Waals surface area contributed by atoms with E-state index in [9.17, 15) is 15.3 Å². The molecule has 4 N–H and O–H groups in total. The van der Waals surface area contributed by atoms with Crippen LogP contribution in [0.15, 0.2) is 18.1 Å². The van der Waals surface area contributed by atoms with Crippen molar-refractivity contribution >= 4 is 17.0 Å². The van der Waals surface area contributed by atoms with Gasteiger partial charge in [0, 0.05) is 6.04 Å². The van der Waals surface area contributed by atoms with Gasteiger partial charge in [0.1, 0.15) is 0 Å². The maximum Gasteiger partial charge on any atom is 0.157 e. The topological polar surface area (TPSA) is 72.7 Å². The summed E-state index contributed by atoms with van der Waals surface area (Å²) in [6, 6.07) is -2.69. The Kier molecular flexibility index (Phi) is 3.37. The maximum atomic E-state index is 10.4. The Balaban J connectivity index is 0.00000220. The van der Waals surface area contributed by atoms with Gasteiger partial charge in [-0.05, 0) is 37.0 Å². The van der Waals surface area contributed by atoms with E-state index in [1.165, 1.54) is 0 Å². The van der Waals surface area contributed by atoms with Gasteiger partial charge >= 0.3 is 0 Å². The summed E-state index contributed by atoms with van der Waals surface area (Å²) in [6.45, 7) is 0.615. The lowest BCUT2D eigenvalue weighted by Gasteiger charge is -2.28. The van der Waals surface area contributed by atoms with Crippen molar-refractivity contribution in [1.29, 1.82) is 0 Å². The van der Waals surface area contributed by atoms with Crippen LogP contribution in [0, 0.1) is 0 Å². The summed E-state index contributed by atoms with van der Waals surface area (Å²) in [5.74, 6) is -1.77. The third-order valence-corrected chi connectivity index (χ3v) is 2.67. The maximum absolute atomic E-state index is 10.4. The number of hydrogen-bond acceptors (Lipinski definition) is 4. The number of phenolic OH excluding ortho intramolecular Hbond substituents is 2. The van der Waals surface area contributed by atoms with Gasteiger partial charge in [-0.1, -0.05) is 12.5 Å². The molecule has 0 amide bonds. The second-order valence-electron chi connectivity index (χ2n) is 3.83. The molecule has 1 heterocycles. The van der Waals surface area contributed by atoms with Gasteiger partial charge in [-0.15, -0.1) is 17.0 Å². The van der Waals surface area contributed by atoms with E-state index < -0.39 is 47.3 Å². The molecule has 1 saturated heterocycles. The second-order valence-corrected chi connectivity index (χ2v) is 3.83. The summed E-state index contributed by atoms with van der Waals surface area (Å²) in [5, 5.41) is 32.4. The van der Waals surface area contributed by atoms with Crippen molar-refractivity contribution in [2.75, 3.05) is 6.54 Å². The van der Waals surface area contributed by atoms with Crippen LogP contribution in [0.4, 0.5) is 0 Å². The lowest BCUT2D eigenvalue weighted by atomic mass is 9.95. The fraction of sp³-hybridized carbons (Fsp3) is 0.500. The fourth-order valence-corrected chi connectivity index (χ4v) is 1.78. The third kappa shape index (κ3) is 3.34. The molecule has 0 unspecified atom stereocenters. The second kappa shape index (κ2) is 6.23. The molecule has 96 valence electrons. The van der Waals surface area contributed by atoms with E-state index >= 15 is 0 Å². The molecule has 1 aliphatic heterocycles. The first-order chi connectivity index (χ1) is 9.28. The molecule has 0 aromatic heterocycles. The first-order valence-electron chi connectivity index (χ1n) is 7.26. The summed E-state index contributed by atoms with van der Waals surface area (Å²) in [7, 11) is 0. The van der Waals surface area contributed by atoms with E-state index in [2.05, 4.69) is 5.32 Å². The first kappa shape index (κ1) is 9.19. The summed E-state index contributed by atoms with van der Waals surface area (Å²) < 4.78 is 31.1. The number of aliphatic hydroxyl groups is 1. The molecule has 5 heteroatoms. The van der Waals surface area contributed by atoms with Crippen LogP contribution in [0.1, 0.15) is 36.4 Å². The number of aromatic hydroxyl groups is 2. The Bertz CT molecular complexity index is 507. The molecule has 1 aromatic rings. The predicted octanol–water partition coefficient (Wildman–Crippen LogP) is 1.85. The molecule has 4 nitrogen and oxygen atoms in total. The van der Waals surface area contributed by atoms with Gasteiger partial charge in [0.05, 0.1) is 11.6 Å². The number of phenols is 2. The molecule has 2 atom stereocenters. The van der Waals surface area contributed by atoms with E-state index in [0.717, 1.165) is 12.8 Å². The molecular formula is C12H18BrNO3. The fourth-order valence-electron chi connectivity index (χ4n) is 1.78. The van der Waals surface area contributed by atoms with Gasteiger partial charge in [-0.2, -0.15) is 0 Å². The van der Waals surface area contributed by atoms with Crippen molar-refractivity contribution in [2.45, 2.75) is 31.4 Å². The number of piperidine rings is 1. The smallest absolute Gasteiger partial charge is 0.157 e. The van der Waals surface area contributed by atoms with Crippen molar-refractivity contribution in [1.82, 2.24) is 5.32 Å².